The Balaban J connectivity index is 1.44. The average Bonchev–Trinajstić information content (AvgIpc) is 3.06. The van der Waals surface area contributed by atoms with Crippen molar-refractivity contribution in [1.82, 2.24) is 14.5 Å². The molecule has 0 spiro atoms. The smallest absolute Gasteiger partial charge is 0.238 e. The van der Waals surface area contributed by atoms with Crippen LogP contribution in [-0.2, 0) is 11.3 Å². The maximum absolute atomic E-state index is 12.2. The summed E-state index contributed by atoms with van der Waals surface area (Å²) in [5.74, 6) is 2.36. The number of amides is 1. The summed E-state index contributed by atoms with van der Waals surface area (Å²) in [5.41, 5.74) is 0.865. The molecule has 1 aromatic heterocycles. The number of benzene rings is 1. The van der Waals surface area contributed by atoms with E-state index in [-0.39, 0.29) is 5.91 Å². The summed E-state index contributed by atoms with van der Waals surface area (Å²) in [6, 6.07) is 9.65. The van der Waals surface area contributed by atoms with Gasteiger partial charge in [-0.1, -0.05) is 32.0 Å². The van der Waals surface area contributed by atoms with Crippen molar-refractivity contribution in [3.63, 3.8) is 0 Å². The number of carbonyl (C=O) groups is 1. The minimum atomic E-state index is 0.0707. The van der Waals surface area contributed by atoms with Gasteiger partial charge in [-0.25, -0.2) is 4.98 Å². The van der Waals surface area contributed by atoms with Gasteiger partial charge in [-0.2, -0.15) is 0 Å². The zero-order valence-electron chi connectivity index (χ0n) is 15.2. The van der Waals surface area contributed by atoms with Gasteiger partial charge in [0.05, 0.1) is 6.54 Å². The van der Waals surface area contributed by atoms with E-state index in [9.17, 15) is 4.79 Å². The molecule has 1 aliphatic heterocycles. The van der Waals surface area contributed by atoms with Crippen molar-refractivity contribution in [2.24, 2.45) is 5.92 Å². The summed E-state index contributed by atoms with van der Waals surface area (Å²) in [4.78, 5) is 18.9. The topological polar surface area (TPSA) is 50.2 Å². The molecular formula is C20H28N4O. The Hall–Kier alpha value is -2.14. The number of anilines is 1. The molecule has 0 bridgehead atoms. The standard InChI is InChI=1S/C20H28N4O/c1-16(2)20-21-10-13-24(20)14-17-8-11-23(12-9-17)15-19(25)22-18-6-4-3-5-7-18/h3-7,10,13,16-17H,8-9,11-12,14-15H2,1-2H3,(H,22,25). The van der Waals surface area contributed by atoms with Gasteiger partial charge in [0, 0.05) is 30.5 Å². The number of imidazole rings is 1. The Kier molecular flexibility index (Phi) is 5.87. The third-order valence-corrected chi connectivity index (χ3v) is 4.85. The number of nitrogens with zero attached hydrogens (tertiary/aromatic N) is 3. The number of carbonyl (C=O) groups excluding carboxylic acids is 1. The van der Waals surface area contributed by atoms with Gasteiger partial charge in [-0.15, -0.1) is 0 Å². The monoisotopic (exact) mass is 340 g/mol. The highest BCUT2D eigenvalue weighted by molar-refractivity contribution is 5.92. The fourth-order valence-corrected chi connectivity index (χ4v) is 3.51. The fraction of sp³-hybridized carbons (Fsp3) is 0.500. The lowest BCUT2D eigenvalue weighted by Crippen LogP contribution is -2.40. The first-order chi connectivity index (χ1) is 12.1. The van der Waals surface area contributed by atoms with Crippen molar-refractivity contribution in [1.29, 1.82) is 0 Å². The molecule has 1 fully saturated rings. The summed E-state index contributed by atoms with van der Waals surface area (Å²) in [7, 11) is 0. The summed E-state index contributed by atoms with van der Waals surface area (Å²) in [6.07, 6.45) is 6.26. The molecule has 5 heteroatoms. The number of hydrogen-bond donors (Lipinski definition) is 1. The first kappa shape index (κ1) is 17.7. The number of hydrogen-bond acceptors (Lipinski definition) is 3. The molecule has 0 radical (unpaired) electrons. The highest BCUT2D eigenvalue weighted by atomic mass is 16.2. The van der Waals surface area contributed by atoms with Crippen LogP contribution >= 0.6 is 0 Å². The number of nitrogens with one attached hydrogen (secondary N) is 1. The van der Waals surface area contributed by atoms with E-state index in [1.165, 1.54) is 5.82 Å². The molecule has 1 aliphatic rings. The van der Waals surface area contributed by atoms with Crippen LogP contribution in [0.4, 0.5) is 5.69 Å². The van der Waals surface area contributed by atoms with Crippen molar-refractivity contribution in [3.8, 4) is 0 Å². The quantitative estimate of drug-likeness (QED) is 0.877. The van der Waals surface area contributed by atoms with Crippen LogP contribution in [0, 0.1) is 5.92 Å². The highest BCUT2D eigenvalue weighted by Gasteiger charge is 2.22. The second kappa shape index (κ2) is 8.30. The molecule has 134 valence electrons. The Morgan fingerprint density at radius 3 is 2.64 bits per heavy atom. The molecule has 5 nitrogen and oxygen atoms in total. The highest BCUT2D eigenvalue weighted by Crippen LogP contribution is 2.21. The molecule has 25 heavy (non-hydrogen) atoms. The SMILES string of the molecule is CC(C)c1nccn1CC1CCN(CC(=O)Nc2ccccc2)CC1. The molecule has 0 saturated carbocycles. The zero-order valence-corrected chi connectivity index (χ0v) is 15.2. The van der Waals surface area contributed by atoms with E-state index in [0.717, 1.165) is 38.2 Å². The van der Waals surface area contributed by atoms with Crippen molar-refractivity contribution in [3.05, 3.63) is 48.5 Å². The van der Waals surface area contributed by atoms with Crippen LogP contribution in [0.1, 0.15) is 38.4 Å². The molecule has 2 aromatic rings. The summed E-state index contributed by atoms with van der Waals surface area (Å²) >= 11 is 0. The van der Waals surface area contributed by atoms with Crippen molar-refractivity contribution < 1.29 is 4.79 Å². The molecule has 1 N–H and O–H groups in total. The third-order valence-electron chi connectivity index (χ3n) is 4.85. The normalized spacial score (nSPS) is 16.3. The number of rotatable bonds is 6. The van der Waals surface area contributed by atoms with E-state index >= 15 is 0 Å². The van der Waals surface area contributed by atoms with E-state index in [1.54, 1.807) is 0 Å². The summed E-state index contributed by atoms with van der Waals surface area (Å²) < 4.78 is 2.30. The first-order valence-corrected chi connectivity index (χ1v) is 9.20. The Labute approximate surface area is 150 Å². The molecule has 0 aliphatic carbocycles. The van der Waals surface area contributed by atoms with Crippen LogP contribution in [0.2, 0.25) is 0 Å². The van der Waals surface area contributed by atoms with Crippen LogP contribution in [0.3, 0.4) is 0 Å². The minimum absolute atomic E-state index is 0.0707. The molecule has 3 rings (SSSR count). The molecule has 0 atom stereocenters. The van der Waals surface area contributed by atoms with Crippen molar-refractivity contribution in [2.45, 2.75) is 39.2 Å². The number of aromatic nitrogens is 2. The van der Waals surface area contributed by atoms with Crippen LogP contribution in [0.15, 0.2) is 42.7 Å². The zero-order chi connectivity index (χ0) is 17.6. The van der Waals surface area contributed by atoms with Gasteiger partial charge >= 0.3 is 0 Å². The lowest BCUT2D eigenvalue weighted by molar-refractivity contribution is -0.117. The molecule has 1 saturated heterocycles. The van der Waals surface area contributed by atoms with Crippen LogP contribution in [0.5, 0.6) is 0 Å². The van der Waals surface area contributed by atoms with Gasteiger partial charge < -0.3 is 9.88 Å². The van der Waals surface area contributed by atoms with Crippen LogP contribution in [0.25, 0.3) is 0 Å². The molecule has 1 aromatic carbocycles. The molecular weight excluding hydrogens is 312 g/mol. The fourth-order valence-electron chi connectivity index (χ4n) is 3.51. The van der Waals surface area contributed by atoms with E-state index in [4.69, 9.17) is 0 Å². The lowest BCUT2D eigenvalue weighted by Gasteiger charge is -2.32. The lowest BCUT2D eigenvalue weighted by atomic mass is 9.96. The Morgan fingerprint density at radius 2 is 1.96 bits per heavy atom. The van der Waals surface area contributed by atoms with Gasteiger partial charge in [-0.05, 0) is 44.0 Å². The van der Waals surface area contributed by atoms with Crippen LogP contribution < -0.4 is 5.32 Å². The first-order valence-electron chi connectivity index (χ1n) is 9.20. The van der Waals surface area contributed by atoms with Gasteiger partial charge in [0.2, 0.25) is 5.91 Å². The van der Waals surface area contributed by atoms with E-state index in [1.807, 2.05) is 36.5 Å². The maximum Gasteiger partial charge on any atom is 0.238 e. The summed E-state index contributed by atoms with van der Waals surface area (Å²) in [6.45, 7) is 7.86. The van der Waals surface area contributed by atoms with Gasteiger partial charge in [0.15, 0.2) is 0 Å². The predicted molar refractivity (Wildman–Crippen MR) is 101 cm³/mol. The number of para-hydroxylation sites is 1. The average molecular weight is 340 g/mol. The Bertz CT molecular complexity index is 672. The van der Waals surface area contributed by atoms with Crippen molar-refractivity contribution in [2.75, 3.05) is 25.0 Å². The van der Waals surface area contributed by atoms with Gasteiger partial charge in [0.25, 0.3) is 0 Å². The summed E-state index contributed by atoms with van der Waals surface area (Å²) in [5, 5.41) is 2.96. The molecule has 1 amide bonds. The number of likely N-dealkylation sites (tertiary alicyclic amines) is 1. The van der Waals surface area contributed by atoms with E-state index in [0.29, 0.717) is 18.4 Å². The van der Waals surface area contributed by atoms with E-state index < -0.39 is 0 Å². The van der Waals surface area contributed by atoms with Crippen molar-refractivity contribution >= 4 is 11.6 Å². The van der Waals surface area contributed by atoms with Gasteiger partial charge in [-0.3, -0.25) is 9.69 Å². The van der Waals surface area contributed by atoms with Gasteiger partial charge in [0.1, 0.15) is 5.82 Å². The maximum atomic E-state index is 12.2. The minimum Gasteiger partial charge on any atom is -0.334 e. The third kappa shape index (κ3) is 4.92. The molecule has 0 unspecified atom stereocenters. The molecule has 2 heterocycles. The second-order valence-corrected chi connectivity index (χ2v) is 7.23. The Morgan fingerprint density at radius 1 is 1.24 bits per heavy atom. The number of piperidine rings is 1. The second-order valence-electron chi connectivity index (χ2n) is 7.23. The predicted octanol–water partition coefficient (Wildman–Crippen LogP) is 3.36. The largest absolute Gasteiger partial charge is 0.334 e. The van der Waals surface area contributed by atoms with E-state index in [2.05, 4.69) is 39.8 Å². The van der Waals surface area contributed by atoms with Crippen LogP contribution in [-0.4, -0.2) is 40.0 Å².